The summed E-state index contributed by atoms with van der Waals surface area (Å²) in [6.45, 7) is 0.820. The lowest BCUT2D eigenvalue weighted by atomic mass is 10.1. The Balaban J connectivity index is 2.14. The number of benzene rings is 1. The number of nitrogens with two attached hydrogens (primary N) is 1. The van der Waals surface area contributed by atoms with E-state index in [9.17, 15) is 4.39 Å². The molecule has 0 spiro atoms. The Morgan fingerprint density at radius 2 is 2.20 bits per heavy atom. The van der Waals surface area contributed by atoms with E-state index in [2.05, 4.69) is 4.99 Å². The highest BCUT2D eigenvalue weighted by atomic mass is 19.1. The monoisotopic (exact) mass is 281 g/mol. The van der Waals surface area contributed by atoms with Crippen molar-refractivity contribution in [3.63, 3.8) is 0 Å². The average molecular weight is 281 g/mol. The van der Waals surface area contributed by atoms with Crippen molar-refractivity contribution >= 4 is 5.96 Å². The molecule has 20 heavy (non-hydrogen) atoms. The number of hydrogen-bond donors (Lipinski definition) is 1. The first-order valence-corrected chi connectivity index (χ1v) is 6.53. The summed E-state index contributed by atoms with van der Waals surface area (Å²) in [6.07, 6.45) is 0.676. The maximum atomic E-state index is 12.6. The number of methoxy groups -OCH3 is 2. The van der Waals surface area contributed by atoms with E-state index in [1.165, 1.54) is 0 Å². The van der Waals surface area contributed by atoms with Gasteiger partial charge in [0.05, 0.1) is 20.3 Å². The molecule has 1 aromatic rings. The molecule has 5 nitrogen and oxygen atoms in total. The molecule has 0 bridgehead atoms. The summed E-state index contributed by atoms with van der Waals surface area (Å²) < 4.78 is 23.1. The third-order valence-electron chi connectivity index (χ3n) is 3.40. The van der Waals surface area contributed by atoms with E-state index in [0.29, 0.717) is 25.5 Å². The van der Waals surface area contributed by atoms with Crippen LogP contribution in [-0.4, -0.2) is 44.3 Å². The Kier molecular flexibility index (Phi) is 4.65. The Hall–Kier alpha value is -1.98. The fraction of sp³-hybridized carbons (Fsp3) is 0.500. The molecule has 1 heterocycles. The van der Waals surface area contributed by atoms with Gasteiger partial charge in [0.25, 0.3) is 0 Å². The zero-order chi connectivity index (χ0) is 14.5. The molecule has 1 atom stereocenters. The number of nitrogens with zero attached hydrogens (tertiary/aromatic N) is 2. The van der Waals surface area contributed by atoms with Gasteiger partial charge in [-0.1, -0.05) is 0 Å². The number of hydrogen-bond acceptors (Lipinski definition) is 5. The van der Waals surface area contributed by atoms with Gasteiger partial charge in [0.2, 0.25) is 0 Å². The predicted octanol–water partition coefficient (Wildman–Crippen LogP) is 1.56. The third kappa shape index (κ3) is 3.12. The van der Waals surface area contributed by atoms with Crippen LogP contribution in [0, 0.1) is 0 Å². The van der Waals surface area contributed by atoms with Crippen molar-refractivity contribution in [2.24, 2.45) is 10.7 Å². The second-order valence-electron chi connectivity index (χ2n) is 4.68. The number of rotatable bonds is 5. The number of guanidine groups is 1. The summed E-state index contributed by atoms with van der Waals surface area (Å²) >= 11 is 0. The minimum absolute atomic E-state index is 0.302. The minimum Gasteiger partial charge on any atom is -0.497 e. The Morgan fingerprint density at radius 3 is 2.80 bits per heavy atom. The molecule has 2 rings (SSSR count). The number of alkyl halides is 1. The molecule has 0 fully saturated rings. The lowest BCUT2D eigenvalue weighted by Gasteiger charge is -2.30. The van der Waals surface area contributed by atoms with Gasteiger partial charge in [-0.15, -0.1) is 0 Å². The molecule has 6 heteroatoms. The number of aliphatic imine (C=N–C) groups is 1. The van der Waals surface area contributed by atoms with Gasteiger partial charge in [0.15, 0.2) is 5.96 Å². The van der Waals surface area contributed by atoms with Gasteiger partial charge in [0, 0.05) is 24.7 Å². The van der Waals surface area contributed by atoms with E-state index in [4.69, 9.17) is 15.2 Å². The third-order valence-corrected chi connectivity index (χ3v) is 3.40. The van der Waals surface area contributed by atoms with Gasteiger partial charge in [-0.05, 0) is 18.6 Å². The maximum absolute atomic E-state index is 12.6. The van der Waals surface area contributed by atoms with Crippen LogP contribution in [0.2, 0.25) is 0 Å². The zero-order valence-electron chi connectivity index (χ0n) is 11.8. The van der Waals surface area contributed by atoms with E-state index in [0.717, 1.165) is 17.1 Å². The van der Waals surface area contributed by atoms with Crippen LogP contribution < -0.4 is 15.2 Å². The van der Waals surface area contributed by atoms with E-state index in [1.807, 2.05) is 23.1 Å². The van der Waals surface area contributed by atoms with Crippen LogP contribution >= 0.6 is 0 Å². The molecular weight excluding hydrogens is 261 g/mol. The van der Waals surface area contributed by atoms with Crippen LogP contribution in [0.25, 0.3) is 0 Å². The summed E-state index contributed by atoms with van der Waals surface area (Å²) in [4.78, 5) is 6.07. The smallest absolute Gasteiger partial charge is 0.191 e. The lowest BCUT2D eigenvalue weighted by Crippen LogP contribution is -2.43. The van der Waals surface area contributed by atoms with Gasteiger partial charge in [-0.3, -0.25) is 0 Å². The number of halogens is 1. The highest BCUT2D eigenvalue weighted by Gasteiger charge is 2.20. The molecule has 0 amide bonds. The van der Waals surface area contributed by atoms with Crippen LogP contribution in [0.3, 0.4) is 0 Å². The summed E-state index contributed by atoms with van der Waals surface area (Å²) in [7, 11) is 3.23. The summed E-state index contributed by atoms with van der Waals surface area (Å²) in [6, 6.07) is 5.34. The first-order chi connectivity index (χ1) is 9.67. The first kappa shape index (κ1) is 14.4. The molecule has 0 saturated heterocycles. The SMILES string of the molecule is COc1ccc(CN2CCC(CF)N=C2N)c(OC)c1. The van der Waals surface area contributed by atoms with Crippen molar-refractivity contribution in [2.45, 2.75) is 19.0 Å². The van der Waals surface area contributed by atoms with Crippen LogP contribution in [-0.2, 0) is 6.54 Å². The van der Waals surface area contributed by atoms with Gasteiger partial charge in [0.1, 0.15) is 18.2 Å². The van der Waals surface area contributed by atoms with Crippen molar-refractivity contribution in [3.05, 3.63) is 23.8 Å². The Bertz CT molecular complexity index is 493. The molecule has 0 saturated carbocycles. The van der Waals surface area contributed by atoms with Crippen molar-refractivity contribution < 1.29 is 13.9 Å². The number of ether oxygens (including phenoxy) is 2. The molecule has 2 N–H and O–H groups in total. The fourth-order valence-electron chi connectivity index (χ4n) is 2.21. The maximum Gasteiger partial charge on any atom is 0.191 e. The van der Waals surface area contributed by atoms with Crippen molar-refractivity contribution in [1.29, 1.82) is 0 Å². The van der Waals surface area contributed by atoms with Crippen LogP contribution in [0.4, 0.5) is 4.39 Å². The highest BCUT2D eigenvalue weighted by molar-refractivity contribution is 5.79. The lowest BCUT2D eigenvalue weighted by molar-refractivity contribution is 0.314. The van der Waals surface area contributed by atoms with Gasteiger partial charge in [-0.2, -0.15) is 0 Å². The fourth-order valence-corrected chi connectivity index (χ4v) is 2.21. The Morgan fingerprint density at radius 1 is 1.40 bits per heavy atom. The van der Waals surface area contributed by atoms with Crippen LogP contribution in [0.15, 0.2) is 23.2 Å². The molecule has 1 aromatic carbocycles. The standard InChI is InChI=1S/C14H20FN3O2/c1-19-12-4-3-10(13(7-12)20-2)9-18-6-5-11(8-15)17-14(18)16/h3-4,7,11H,5-6,8-9H2,1-2H3,(H2,16,17). The van der Waals surface area contributed by atoms with Crippen molar-refractivity contribution in [2.75, 3.05) is 27.4 Å². The zero-order valence-corrected chi connectivity index (χ0v) is 11.8. The predicted molar refractivity (Wildman–Crippen MR) is 76.0 cm³/mol. The van der Waals surface area contributed by atoms with E-state index in [1.54, 1.807) is 14.2 Å². The highest BCUT2D eigenvalue weighted by Crippen LogP contribution is 2.26. The summed E-state index contributed by atoms with van der Waals surface area (Å²) in [5.41, 5.74) is 6.88. The van der Waals surface area contributed by atoms with Gasteiger partial charge >= 0.3 is 0 Å². The van der Waals surface area contributed by atoms with E-state index in [-0.39, 0.29) is 6.04 Å². The molecule has 1 aliphatic heterocycles. The minimum atomic E-state index is -0.458. The van der Waals surface area contributed by atoms with Crippen molar-refractivity contribution in [3.8, 4) is 11.5 Å². The quantitative estimate of drug-likeness (QED) is 0.890. The van der Waals surface area contributed by atoms with Crippen LogP contribution in [0.5, 0.6) is 11.5 Å². The van der Waals surface area contributed by atoms with Gasteiger partial charge < -0.3 is 20.1 Å². The molecule has 0 aliphatic carbocycles. The van der Waals surface area contributed by atoms with Crippen LogP contribution in [0.1, 0.15) is 12.0 Å². The molecule has 1 unspecified atom stereocenters. The second kappa shape index (κ2) is 6.45. The first-order valence-electron chi connectivity index (χ1n) is 6.53. The molecule has 0 aromatic heterocycles. The van der Waals surface area contributed by atoms with Gasteiger partial charge in [-0.25, -0.2) is 9.38 Å². The molecular formula is C14H20FN3O2. The summed E-state index contributed by atoms with van der Waals surface area (Å²) in [5, 5.41) is 0. The molecule has 110 valence electrons. The topological polar surface area (TPSA) is 60.1 Å². The average Bonchev–Trinajstić information content (AvgIpc) is 2.49. The van der Waals surface area contributed by atoms with Crippen molar-refractivity contribution in [1.82, 2.24) is 4.90 Å². The Labute approximate surface area is 118 Å². The molecule has 0 radical (unpaired) electrons. The normalized spacial score (nSPS) is 18.6. The van der Waals surface area contributed by atoms with E-state index < -0.39 is 6.67 Å². The van der Waals surface area contributed by atoms with E-state index >= 15 is 0 Å². The molecule has 1 aliphatic rings. The largest absolute Gasteiger partial charge is 0.497 e. The second-order valence-corrected chi connectivity index (χ2v) is 4.68. The summed E-state index contributed by atoms with van der Waals surface area (Å²) in [5.74, 6) is 1.87.